The molecule has 0 aliphatic rings. The Labute approximate surface area is 112 Å². The van der Waals surface area contributed by atoms with E-state index in [9.17, 15) is 5.11 Å². The molecule has 0 radical (unpaired) electrons. The molecule has 1 aromatic rings. The fraction of sp³-hybridized carbons (Fsp3) is 0.364. The molecule has 0 amide bonds. The number of hydrogen-bond donors (Lipinski definition) is 1. The second-order valence-electron chi connectivity index (χ2n) is 4.23. The summed E-state index contributed by atoms with van der Waals surface area (Å²) in [5.41, 5.74) is 1.62. The van der Waals surface area contributed by atoms with Gasteiger partial charge in [-0.3, -0.25) is 0 Å². The van der Waals surface area contributed by atoms with Crippen LogP contribution in [0.5, 0.6) is 0 Å². The molecule has 0 atom stereocenters. The third-order valence-electron chi connectivity index (χ3n) is 2.09. The van der Waals surface area contributed by atoms with Gasteiger partial charge in [0.25, 0.3) is 0 Å². The van der Waals surface area contributed by atoms with Crippen LogP contribution in [0.2, 0.25) is 0 Å². The molecule has 0 aliphatic heterocycles. The van der Waals surface area contributed by atoms with Crippen molar-refractivity contribution in [3.05, 3.63) is 35.4 Å². The first-order valence-corrected chi connectivity index (χ1v) is 4.45. The van der Waals surface area contributed by atoms with Crippen molar-refractivity contribution in [2.45, 2.75) is 26.2 Å². The zero-order chi connectivity index (χ0) is 10.8. The van der Waals surface area contributed by atoms with E-state index in [0.29, 0.717) is 5.56 Å². The number of nitrogens with zero attached hydrogens (tertiary/aromatic N) is 1. The van der Waals surface area contributed by atoms with Gasteiger partial charge in [0.15, 0.2) is 0 Å². The minimum atomic E-state index is -0.606. The Hall–Kier alpha value is -0.510. The van der Waals surface area contributed by atoms with Gasteiger partial charge >= 0.3 is 29.6 Å². The van der Waals surface area contributed by atoms with Crippen molar-refractivity contribution in [2.75, 3.05) is 0 Å². The summed E-state index contributed by atoms with van der Waals surface area (Å²) in [6.45, 7) is 6.29. The van der Waals surface area contributed by atoms with Gasteiger partial charge in [0, 0.05) is 5.90 Å². The third kappa shape index (κ3) is 3.86. The van der Waals surface area contributed by atoms with E-state index in [1.54, 1.807) is 12.1 Å². The van der Waals surface area contributed by atoms with Gasteiger partial charge in [-0.1, -0.05) is 45.0 Å². The second kappa shape index (κ2) is 5.54. The molecule has 1 N–H and O–H groups in total. The van der Waals surface area contributed by atoms with Gasteiger partial charge in [-0.2, -0.15) is 0 Å². The zero-order valence-electron chi connectivity index (χ0n) is 9.61. The third-order valence-corrected chi connectivity index (χ3v) is 2.09. The van der Waals surface area contributed by atoms with Crippen molar-refractivity contribution in [3.63, 3.8) is 0 Å². The SMILES string of the molecule is CC(C)(C)c1ccc(C([O-])=NO)cc1.[Na+]. The van der Waals surface area contributed by atoms with E-state index in [-0.39, 0.29) is 35.0 Å². The maximum Gasteiger partial charge on any atom is 1.00 e. The number of hydrogen-bond acceptors (Lipinski definition) is 3. The first-order chi connectivity index (χ1) is 6.45. The fourth-order valence-corrected chi connectivity index (χ4v) is 1.17. The molecule has 0 aliphatic carbocycles. The van der Waals surface area contributed by atoms with E-state index in [2.05, 4.69) is 25.9 Å². The molecule has 1 aromatic carbocycles. The predicted octanol–water partition coefficient (Wildman–Crippen LogP) is -1.52. The molecule has 0 saturated heterocycles. The Morgan fingerprint density at radius 3 is 2.00 bits per heavy atom. The molecule has 0 spiro atoms. The van der Waals surface area contributed by atoms with Crippen molar-refractivity contribution < 1.29 is 39.9 Å². The summed E-state index contributed by atoms with van der Waals surface area (Å²) < 4.78 is 0. The maximum atomic E-state index is 11.0. The van der Waals surface area contributed by atoms with Gasteiger partial charge in [-0.25, -0.2) is 0 Å². The average molecular weight is 215 g/mol. The van der Waals surface area contributed by atoms with Crippen LogP contribution < -0.4 is 34.7 Å². The molecular weight excluding hydrogens is 201 g/mol. The fourth-order valence-electron chi connectivity index (χ4n) is 1.17. The maximum absolute atomic E-state index is 11.0. The van der Waals surface area contributed by atoms with Crippen LogP contribution in [0.15, 0.2) is 29.4 Å². The molecule has 15 heavy (non-hydrogen) atoms. The summed E-state index contributed by atoms with van der Waals surface area (Å²) in [6.07, 6.45) is 0. The molecule has 0 fully saturated rings. The van der Waals surface area contributed by atoms with Gasteiger partial charge in [-0.15, -0.1) is 5.16 Å². The smallest absolute Gasteiger partial charge is 0.856 e. The summed E-state index contributed by atoms with van der Waals surface area (Å²) in [5.74, 6) is -0.606. The van der Waals surface area contributed by atoms with E-state index in [0.717, 1.165) is 5.56 Å². The standard InChI is InChI=1S/C11H15NO2.Na/c1-11(2,3)9-6-4-8(5-7-9)10(13)12-14;/h4-7,14H,1-3H3,(H,12,13);/q;+1/p-1. The van der Waals surface area contributed by atoms with Gasteiger partial charge in [0.05, 0.1) is 0 Å². The summed E-state index contributed by atoms with van der Waals surface area (Å²) >= 11 is 0. The van der Waals surface area contributed by atoms with Crippen LogP contribution in [0.1, 0.15) is 31.9 Å². The Kier molecular flexibility index (Phi) is 5.35. The van der Waals surface area contributed by atoms with E-state index in [1.807, 2.05) is 12.1 Å². The van der Waals surface area contributed by atoms with E-state index in [4.69, 9.17) is 5.21 Å². The summed E-state index contributed by atoms with van der Waals surface area (Å²) in [4.78, 5) is 0. The Morgan fingerprint density at radius 2 is 1.67 bits per heavy atom. The second-order valence-corrected chi connectivity index (χ2v) is 4.23. The molecular formula is C11H14NNaO2. The van der Waals surface area contributed by atoms with Crippen molar-refractivity contribution in [2.24, 2.45) is 5.16 Å². The summed E-state index contributed by atoms with van der Waals surface area (Å²) in [6, 6.07) is 7.09. The van der Waals surface area contributed by atoms with Crippen molar-refractivity contribution in [1.82, 2.24) is 0 Å². The average Bonchev–Trinajstić information content (AvgIpc) is 2.15. The summed E-state index contributed by atoms with van der Waals surface area (Å²) in [5, 5.41) is 21.9. The summed E-state index contributed by atoms with van der Waals surface area (Å²) in [7, 11) is 0. The van der Waals surface area contributed by atoms with Gasteiger partial charge in [0.1, 0.15) is 0 Å². The molecule has 3 nitrogen and oxygen atoms in total. The minimum absolute atomic E-state index is 0. The first kappa shape index (κ1) is 14.5. The largest absolute Gasteiger partial charge is 1.00 e. The van der Waals surface area contributed by atoms with Crippen LogP contribution in [-0.2, 0) is 5.41 Å². The Bertz CT molecular complexity index is 339. The molecule has 76 valence electrons. The number of oxime groups is 1. The zero-order valence-corrected chi connectivity index (χ0v) is 11.6. The van der Waals surface area contributed by atoms with Crippen molar-refractivity contribution in [3.8, 4) is 0 Å². The quantitative estimate of drug-likeness (QED) is 0.203. The van der Waals surface area contributed by atoms with Crippen LogP contribution in [0.25, 0.3) is 0 Å². The monoisotopic (exact) mass is 215 g/mol. The number of rotatable bonds is 1. The molecule has 0 heterocycles. The topological polar surface area (TPSA) is 55.7 Å². The first-order valence-electron chi connectivity index (χ1n) is 4.45. The molecule has 0 bridgehead atoms. The Morgan fingerprint density at radius 1 is 1.20 bits per heavy atom. The normalized spacial score (nSPS) is 12.1. The van der Waals surface area contributed by atoms with Crippen LogP contribution >= 0.6 is 0 Å². The van der Waals surface area contributed by atoms with Gasteiger partial charge in [0.2, 0.25) is 0 Å². The van der Waals surface area contributed by atoms with Gasteiger partial charge in [-0.05, 0) is 16.5 Å². The Balaban J connectivity index is 0.00000196. The van der Waals surface area contributed by atoms with Crippen molar-refractivity contribution in [1.29, 1.82) is 0 Å². The van der Waals surface area contributed by atoms with Crippen LogP contribution in [0.3, 0.4) is 0 Å². The van der Waals surface area contributed by atoms with Crippen molar-refractivity contribution >= 4 is 5.90 Å². The van der Waals surface area contributed by atoms with E-state index in [1.165, 1.54) is 0 Å². The van der Waals surface area contributed by atoms with E-state index >= 15 is 0 Å². The van der Waals surface area contributed by atoms with Gasteiger partial charge < -0.3 is 10.3 Å². The van der Waals surface area contributed by atoms with Crippen LogP contribution in [-0.4, -0.2) is 11.1 Å². The number of benzene rings is 1. The minimum Gasteiger partial charge on any atom is -0.856 e. The van der Waals surface area contributed by atoms with Crippen LogP contribution in [0.4, 0.5) is 0 Å². The molecule has 0 unspecified atom stereocenters. The van der Waals surface area contributed by atoms with E-state index < -0.39 is 5.90 Å². The predicted molar refractivity (Wildman–Crippen MR) is 53.5 cm³/mol. The molecule has 4 heteroatoms. The molecule has 1 rings (SSSR count). The molecule has 0 saturated carbocycles. The van der Waals surface area contributed by atoms with Crippen LogP contribution in [0, 0.1) is 0 Å². The molecule has 0 aromatic heterocycles.